The number of rotatable bonds is 5. The lowest BCUT2D eigenvalue weighted by Crippen LogP contribution is -2.53. The Labute approximate surface area is 207 Å². The van der Waals surface area contributed by atoms with Gasteiger partial charge in [-0.25, -0.2) is 4.99 Å². The van der Waals surface area contributed by atoms with Gasteiger partial charge in [0.15, 0.2) is 11.7 Å². The van der Waals surface area contributed by atoms with Crippen molar-refractivity contribution in [3.05, 3.63) is 59.3 Å². The lowest BCUT2D eigenvalue weighted by atomic mass is 10.2. The third kappa shape index (κ3) is 5.80. The predicted octanol–water partition coefficient (Wildman–Crippen LogP) is 3.52. The van der Waals surface area contributed by atoms with Crippen LogP contribution in [0.1, 0.15) is 23.4 Å². The molecule has 0 saturated carbocycles. The second kappa shape index (κ2) is 11.3. The summed E-state index contributed by atoms with van der Waals surface area (Å²) in [5.74, 6) is 1.94. The summed E-state index contributed by atoms with van der Waals surface area (Å²) in [4.78, 5) is 25.4. The summed E-state index contributed by atoms with van der Waals surface area (Å²) in [7, 11) is 0. The molecule has 1 aliphatic rings. The van der Waals surface area contributed by atoms with E-state index >= 15 is 0 Å². The number of benzene rings is 1. The van der Waals surface area contributed by atoms with Gasteiger partial charge in [-0.15, -0.1) is 24.0 Å². The fraction of sp³-hybridized carbons (Fsp3) is 0.333. The van der Waals surface area contributed by atoms with E-state index in [1.807, 2.05) is 19.1 Å². The van der Waals surface area contributed by atoms with Crippen molar-refractivity contribution in [2.75, 3.05) is 32.7 Å². The predicted molar refractivity (Wildman–Crippen MR) is 131 cm³/mol. The maximum atomic E-state index is 12.4. The minimum atomic E-state index is -0.0906. The van der Waals surface area contributed by atoms with E-state index in [4.69, 9.17) is 20.5 Å². The monoisotopic (exact) mass is 570 g/mol. The topological polar surface area (TPSA) is 100 Å². The Morgan fingerprint density at radius 1 is 1.16 bits per heavy atom. The Hall–Kier alpha value is -2.60. The molecule has 170 valence electrons. The van der Waals surface area contributed by atoms with E-state index in [2.05, 4.69) is 25.3 Å². The summed E-state index contributed by atoms with van der Waals surface area (Å²) in [5, 5.41) is 7.96. The molecular formula is C21H24ClIN6O3. The van der Waals surface area contributed by atoms with Gasteiger partial charge >= 0.3 is 0 Å². The summed E-state index contributed by atoms with van der Waals surface area (Å²) in [6.45, 7) is 5.50. The summed E-state index contributed by atoms with van der Waals surface area (Å²) in [6.07, 6.45) is 1.51. The van der Waals surface area contributed by atoms with Crippen LogP contribution in [0.2, 0.25) is 5.02 Å². The van der Waals surface area contributed by atoms with Crippen LogP contribution in [0.4, 0.5) is 0 Å². The molecule has 4 rings (SSSR count). The minimum absolute atomic E-state index is 0. The van der Waals surface area contributed by atoms with E-state index in [-0.39, 0.29) is 36.4 Å². The molecule has 1 saturated heterocycles. The lowest BCUT2D eigenvalue weighted by Gasteiger charge is -2.36. The second-order valence-corrected chi connectivity index (χ2v) is 7.38. The van der Waals surface area contributed by atoms with Crippen molar-refractivity contribution in [1.29, 1.82) is 0 Å². The number of guanidine groups is 1. The maximum Gasteiger partial charge on any atom is 0.289 e. The van der Waals surface area contributed by atoms with Crippen LogP contribution in [0.5, 0.6) is 0 Å². The Kier molecular flexibility index (Phi) is 8.51. The number of furan rings is 1. The Morgan fingerprint density at radius 3 is 2.53 bits per heavy atom. The van der Waals surface area contributed by atoms with Crippen molar-refractivity contribution in [2.24, 2.45) is 4.99 Å². The first-order valence-corrected chi connectivity index (χ1v) is 10.5. The molecule has 3 heterocycles. The van der Waals surface area contributed by atoms with Crippen LogP contribution in [0.15, 0.2) is 56.6 Å². The minimum Gasteiger partial charge on any atom is -0.459 e. The number of aliphatic imine (C=N–C) groups is 1. The Bertz CT molecular complexity index is 1030. The number of piperazine rings is 1. The molecule has 0 spiro atoms. The molecule has 0 radical (unpaired) electrons. The van der Waals surface area contributed by atoms with Crippen LogP contribution >= 0.6 is 35.6 Å². The van der Waals surface area contributed by atoms with E-state index in [0.29, 0.717) is 48.7 Å². The van der Waals surface area contributed by atoms with Gasteiger partial charge in [-0.2, -0.15) is 4.98 Å². The number of amides is 1. The molecule has 32 heavy (non-hydrogen) atoms. The highest BCUT2D eigenvalue weighted by molar-refractivity contribution is 14.0. The molecule has 0 unspecified atom stereocenters. The zero-order chi connectivity index (χ0) is 21.6. The smallest absolute Gasteiger partial charge is 0.289 e. The molecule has 1 aromatic carbocycles. The second-order valence-electron chi connectivity index (χ2n) is 6.95. The summed E-state index contributed by atoms with van der Waals surface area (Å²) in [5.41, 5.74) is 0.827. The fourth-order valence-electron chi connectivity index (χ4n) is 3.28. The standard InChI is InChI=1S/C21H23ClN6O3.HI/c1-2-23-21(28-11-9-27(10-12-28)20(29)17-4-3-13-30-17)24-14-18-25-19(26-31-18)15-5-7-16(22)8-6-15;/h3-8,13H,2,9-12,14H2,1H3,(H,23,24);1H. The van der Waals surface area contributed by atoms with Crippen LogP contribution in [0, 0.1) is 0 Å². The van der Waals surface area contributed by atoms with E-state index < -0.39 is 0 Å². The van der Waals surface area contributed by atoms with Gasteiger partial charge in [-0.05, 0) is 43.3 Å². The van der Waals surface area contributed by atoms with Crippen molar-refractivity contribution in [2.45, 2.75) is 13.5 Å². The SMILES string of the molecule is CCNC(=NCc1nc(-c2ccc(Cl)cc2)no1)N1CCN(C(=O)c2ccco2)CC1.I. The van der Waals surface area contributed by atoms with Gasteiger partial charge < -0.3 is 24.1 Å². The van der Waals surface area contributed by atoms with Crippen LogP contribution in [0.25, 0.3) is 11.4 Å². The molecule has 9 nitrogen and oxygen atoms in total. The van der Waals surface area contributed by atoms with Crippen molar-refractivity contribution < 1.29 is 13.7 Å². The van der Waals surface area contributed by atoms with Gasteiger partial charge in [0.25, 0.3) is 5.91 Å². The fourth-order valence-corrected chi connectivity index (χ4v) is 3.41. The number of nitrogens with zero attached hydrogens (tertiary/aromatic N) is 5. The largest absolute Gasteiger partial charge is 0.459 e. The number of hydrogen-bond donors (Lipinski definition) is 1. The van der Waals surface area contributed by atoms with Gasteiger partial charge in [-0.1, -0.05) is 16.8 Å². The number of nitrogens with one attached hydrogen (secondary N) is 1. The first-order valence-electron chi connectivity index (χ1n) is 10.1. The first kappa shape index (κ1) is 24.1. The van der Waals surface area contributed by atoms with Crippen LogP contribution in [-0.4, -0.2) is 64.5 Å². The van der Waals surface area contributed by atoms with Crippen LogP contribution < -0.4 is 5.32 Å². The van der Waals surface area contributed by atoms with E-state index in [9.17, 15) is 4.79 Å². The molecule has 1 fully saturated rings. The lowest BCUT2D eigenvalue weighted by molar-refractivity contribution is 0.0657. The number of carbonyl (C=O) groups excluding carboxylic acids is 1. The number of carbonyl (C=O) groups is 1. The number of hydrogen-bond acceptors (Lipinski definition) is 6. The number of aromatic nitrogens is 2. The molecule has 3 aromatic rings. The third-order valence-electron chi connectivity index (χ3n) is 4.87. The van der Waals surface area contributed by atoms with Gasteiger partial charge in [0.1, 0.15) is 6.54 Å². The van der Waals surface area contributed by atoms with Gasteiger partial charge in [0.2, 0.25) is 11.7 Å². The molecule has 1 N–H and O–H groups in total. The van der Waals surface area contributed by atoms with Crippen molar-refractivity contribution in [1.82, 2.24) is 25.3 Å². The molecule has 1 amide bonds. The average molecular weight is 571 g/mol. The summed E-state index contributed by atoms with van der Waals surface area (Å²) < 4.78 is 10.6. The highest BCUT2D eigenvalue weighted by atomic mass is 127. The van der Waals surface area contributed by atoms with Crippen molar-refractivity contribution in [3.63, 3.8) is 0 Å². The molecular weight excluding hydrogens is 547 g/mol. The Balaban J connectivity index is 0.00000289. The van der Waals surface area contributed by atoms with Gasteiger partial charge in [-0.3, -0.25) is 4.79 Å². The van der Waals surface area contributed by atoms with Crippen LogP contribution in [-0.2, 0) is 6.54 Å². The van der Waals surface area contributed by atoms with Gasteiger partial charge in [0, 0.05) is 43.3 Å². The van der Waals surface area contributed by atoms with E-state index in [0.717, 1.165) is 18.1 Å². The number of halogens is 2. The van der Waals surface area contributed by atoms with Gasteiger partial charge in [0.05, 0.1) is 6.26 Å². The zero-order valence-electron chi connectivity index (χ0n) is 17.5. The average Bonchev–Trinajstić information content (AvgIpc) is 3.49. The van der Waals surface area contributed by atoms with Crippen molar-refractivity contribution >= 4 is 47.4 Å². The first-order chi connectivity index (χ1) is 15.1. The molecule has 0 aliphatic carbocycles. The highest BCUT2D eigenvalue weighted by Gasteiger charge is 2.25. The molecule has 0 atom stereocenters. The normalized spacial score (nSPS) is 14.2. The molecule has 1 aliphatic heterocycles. The summed E-state index contributed by atoms with van der Waals surface area (Å²) in [6, 6.07) is 10.6. The Morgan fingerprint density at radius 2 is 1.88 bits per heavy atom. The van der Waals surface area contributed by atoms with Crippen LogP contribution in [0.3, 0.4) is 0 Å². The van der Waals surface area contributed by atoms with E-state index in [1.165, 1.54) is 6.26 Å². The van der Waals surface area contributed by atoms with E-state index in [1.54, 1.807) is 29.2 Å². The molecule has 2 aromatic heterocycles. The highest BCUT2D eigenvalue weighted by Crippen LogP contribution is 2.19. The summed E-state index contributed by atoms with van der Waals surface area (Å²) >= 11 is 5.92. The zero-order valence-corrected chi connectivity index (χ0v) is 20.6. The van der Waals surface area contributed by atoms with Crippen molar-refractivity contribution in [3.8, 4) is 11.4 Å². The third-order valence-corrected chi connectivity index (χ3v) is 5.12. The quantitative estimate of drug-likeness (QED) is 0.285. The molecule has 0 bridgehead atoms. The molecule has 11 heteroatoms. The maximum absolute atomic E-state index is 12.4.